The van der Waals surface area contributed by atoms with Crippen LogP contribution >= 0.6 is 7.82 Å². The number of nitrogens with zero attached hydrogens (tertiary/aromatic N) is 5. The molecule has 0 saturated carbocycles. The Kier molecular flexibility index (Phi) is 18.6. The van der Waals surface area contributed by atoms with Gasteiger partial charge in [0.05, 0.1) is 43.8 Å². The Hall–Kier alpha value is -3.54. The number of unbranched alkanes of at least 4 members (excludes halogenated alkanes) is 13. The summed E-state index contributed by atoms with van der Waals surface area (Å²) in [6.07, 6.45) is 12.5. The fourth-order valence-corrected chi connectivity index (χ4v) is 7.47. The molecule has 6 atom stereocenters. The van der Waals surface area contributed by atoms with Gasteiger partial charge in [-0.05, 0) is 42.3 Å². The minimum Gasteiger partial charge on any atom is -0.387 e. The Morgan fingerprint density at radius 3 is 2.29 bits per heavy atom. The number of ether oxygens (including phenoxy) is 3. The molecule has 15 nitrogen and oxygen atoms in total. The van der Waals surface area contributed by atoms with Gasteiger partial charge in [-0.3, -0.25) is 9.05 Å². The molecule has 1 aliphatic heterocycles. The van der Waals surface area contributed by atoms with Gasteiger partial charge < -0.3 is 35.1 Å². The van der Waals surface area contributed by atoms with Gasteiger partial charge in [-0.25, -0.2) is 18.5 Å². The van der Waals surface area contributed by atoms with Crippen LogP contribution in [0.15, 0.2) is 36.7 Å². The highest BCUT2D eigenvalue weighted by atomic mass is 31.2. The number of fused-ring (bicyclic) bond motifs is 1. The Morgan fingerprint density at radius 1 is 0.982 bits per heavy atom. The maximum atomic E-state index is 14.0. The number of aliphatic hydroxyl groups excluding tert-OH is 2. The lowest BCUT2D eigenvalue weighted by Gasteiger charge is -2.24. The van der Waals surface area contributed by atoms with Crippen LogP contribution in [0.3, 0.4) is 0 Å². The average molecular weight is 803 g/mol. The Bertz CT molecular complexity index is 1790. The van der Waals surface area contributed by atoms with E-state index in [0.29, 0.717) is 17.7 Å². The molecular weight excluding hydrogens is 746 g/mol. The number of halogens is 1. The first-order valence-electron chi connectivity index (χ1n) is 19.6. The van der Waals surface area contributed by atoms with E-state index in [-0.39, 0.29) is 30.3 Å². The third-order valence-electron chi connectivity index (χ3n) is 9.83. The topological polar surface area (TPSA) is 228 Å². The van der Waals surface area contributed by atoms with E-state index in [4.69, 9.17) is 29.0 Å². The van der Waals surface area contributed by atoms with Gasteiger partial charge in [-0.2, -0.15) is 15.6 Å². The molecule has 1 saturated heterocycles. The predicted molar refractivity (Wildman–Crippen MR) is 204 cm³/mol. The third-order valence-corrected chi connectivity index (χ3v) is 10.8. The number of aromatic nitrogens is 3. The van der Waals surface area contributed by atoms with Crippen LogP contribution in [0.2, 0.25) is 0 Å². The van der Waals surface area contributed by atoms with E-state index in [1.807, 2.05) is 12.1 Å². The fourth-order valence-electron chi connectivity index (χ4n) is 6.70. The molecule has 2 aromatic heterocycles. The number of rotatable bonds is 27. The van der Waals surface area contributed by atoms with Gasteiger partial charge in [0.15, 0.2) is 5.82 Å². The molecule has 0 aliphatic carbocycles. The predicted octanol–water partition coefficient (Wildman–Crippen LogP) is 6.38. The first-order chi connectivity index (χ1) is 27.0. The average Bonchev–Trinajstić information content (AvgIpc) is 3.73. The second-order valence-electron chi connectivity index (χ2n) is 14.2. The van der Waals surface area contributed by atoms with Crippen molar-refractivity contribution in [3.05, 3.63) is 59.3 Å². The van der Waals surface area contributed by atoms with Crippen molar-refractivity contribution in [3.63, 3.8) is 0 Å². The minimum atomic E-state index is -4.83. The highest BCUT2D eigenvalue weighted by Crippen LogP contribution is 2.46. The number of phosphoric ester groups is 1. The molecule has 3 heterocycles. The monoisotopic (exact) mass is 802 g/mol. The molecule has 0 bridgehead atoms. The molecule has 17 heteroatoms. The number of benzene rings is 1. The zero-order valence-corrected chi connectivity index (χ0v) is 33.0. The van der Waals surface area contributed by atoms with E-state index in [1.165, 1.54) is 99.4 Å². The SMILES string of the molecule is CCCCCCCCCCCCCCCCOC[C@H](COP(=O)(O)OC[C@H]1O[C@@](C#N)(c2ccc3c(N)ncnn23)[C@H](O)[C@@H]1O)OCc1cc(F)cc(C#N)c1. The maximum absolute atomic E-state index is 14.0. The number of nitriles is 2. The summed E-state index contributed by atoms with van der Waals surface area (Å²) in [6, 6.07) is 10.5. The van der Waals surface area contributed by atoms with Crippen LogP contribution in [0.1, 0.15) is 114 Å². The Labute approximate surface area is 328 Å². The zero-order chi connectivity index (χ0) is 40.4. The quantitative estimate of drug-likeness (QED) is 0.0485. The van der Waals surface area contributed by atoms with Crippen molar-refractivity contribution in [2.45, 2.75) is 133 Å². The smallest absolute Gasteiger partial charge is 0.387 e. The molecule has 5 N–H and O–H groups in total. The van der Waals surface area contributed by atoms with Crippen molar-refractivity contribution in [1.82, 2.24) is 14.6 Å². The van der Waals surface area contributed by atoms with Crippen molar-refractivity contribution in [2.24, 2.45) is 0 Å². The third kappa shape index (κ3) is 13.3. The van der Waals surface area contributed by atoms with Crippen LogP contribution in [0, 0.1) is 28.5 Å². The summed E-state index contributed by atoms with van der Waals surface area (Å²) < 4.78 is 56.1. The Morgan fingerprint density at radius 2 is 1.64 bits per heavy atom. The summed E-state index contributed by atoms with van der Waals surface area (Å²) in [5, 5.41) is 45.2. The zero-order valence-electron chi connectivity index (χ0n) is 32.1. The van der Waals surface area contributed by atoms with Crippen LogP contribution in [-0.2, 0) is 40.0 Å². The van der Waals surface area contributed by atoms with Crippen molar-refractivity contribution in [3.8, 4) is 12.1 Å². The first-order valence-corrected chi connectivity index (χ1v) is 21.1. The number of phosphoric acid groups is 1. The highest BCUT2D eigenvalue weighted by molar-refractivity contribution is 7.47. The van der Waals surface area contributed by atoms with E-state index >= 15 is 0 Å². The molecule has 1 fully saturated rings. The molecule has 3 aromatic rings. The number of aliphatic hydroxyl groups is 2. The van der Waals surface area contributed by atoms with Crippen molar-refractivity contribution < 1.29 is 47.3 Å². The van der Waals surface area contributed by atoms with Gasteiger partial charge in [0.2, 0.25) is 5.60 Å². The van der Waals surface area contributed by atoms with E-state index in [1.54, 1.807) is 0 Å². The second kappa shape index (κ2) is 23.0. The second-order valence-corrected chi connectivity index (χ2v) is 15.7. The molecule has 4 rings (SSSR count). The summed E-state index contributed by atoms with van der Waals surface area (Å²) in [7, 11) is -4.83. The number of nitrogens with two attached hydrogens (primary N) is 1. The van der Waals surface area contributed by atoms with Gasteiger partial charge in [-0.15, -0.1) is 0 Å². The summed E-state index contributed by atoms with van der Waals surface area (Å²) in [6.45, 7) is 1.31. The Balaban J connectivity index is 1.23. The standard InChI is InChI=1S/C39H56FN6O9P/c1-2-3-4-5-6-7-8-9-10-11-12-13-14-15-18-51-24-32(52-23-30-19-29(22-41)20-31(40)21-30)25-53-56(49,50)54-26-34-36(47)37(48)39(27-42,55-34)35-17-16-33-38(43)44-28-45-46(33)35/h16-17,19-21,28,32,34,36-37,47-48H,2-15,18,23-26H2,1H3,(H,49,50)(H2,43,44,45)/t32-,34-,36-,37-,39+/m1/s1. The summed E-state index contributed by atoms with van der Waals surface area (Å²) in [5.41, 5.74) is 4.64. The van der Waals surface area contributed by atoms with Gasteiger partial charge in [-0.1, -0.05) is 90.4 Å². The van der Waals surface area contributed by atoms with E-state index in [9.17, 15) is 34.6 Å². The molecule has 56 heavy (non-hydrogen) atoms. The van der Waals surface area contributed by atoms with Gasteiger partial charge in [0.25, 0.3) is 0 Å². The number of hydrogen-bond donors (Lipinski definition) is 4. The normalized spacial score (nSPS) is 21.2. The molecule has 1 unspecified atom stereocenters. The van der Waals surface area contributed by atoms with Crippen LogP contribution in [0.5, 0.6) is 0 Å². The fraction of sp³-hybridized carbons (Fsp3) is 0.641. The van der Waals surface area contributed by atoms with Crippen molar-refractivity contribution in [1.29, 1.82) is 10.5 Å². The van der Waals surface area contributed by atoms with Gasteiger partial charge in [0.1, 0.15) is 48.1 Å². The molecular formula is C39H56FN6O9P. The van der Waals surface area contributed by atoms with Gasteiger partial charge >= 0.3 is 7.82 Å². The maximum Gasteiger partial charge on any atom is 0.472 e. The molecule has 1 aromatic carbocycles. The van der Waals surface area contributed by atoms with E-state index in [0.717, 1.165) is 31.7 Å². The van der Waals surface area contributed by atoms with Crippen molar-refractivity contribution in [2.75, 3.05) is 32.2 Å². The summed E-state index contributed by atoms with van der Waals surface area (Å²) in [5.74, 6) is -0.502. The van der Waals surface area contributed by atoms with E-state index < -0.39 is 56.9 Å². The first kappa shape index (κ1) is 45.2. The van der Waals surface area contributed by atoms with Gasteiger partial charge in [0, 0.05) is 6.61 Å². The van der Waals surface area contributed by atoms with Crippen LogP contribution < -0.4 is 5.73 Å². The van der Waals surface area contributed by atoms with Crippen LogP contribution in [0.4, 0.5) is 10.2 Å². The number of hydrogen-bond acceptors (Lipinski definition) is 13. The lowest BCUT2D eigenvalue weighted by atomic mass is 9.92. The number of anilines is 1. The molecule has 0 spiro atoms. The summed E-state index contributed by atoms with van der Waals surface area (Å²) >= 11 is 0. The summed E-state index contributed by atoms with van der Waals surface area (Å²) in [4.78, 5) is 14.4. The molecule has 308 valence electrons. The van der Waals surface area contributed by atoms with Crippen LogP contribution in [0.25, 0.3) is 5.52 Å². The minimum absolute atomic E-state index is 0.0143. The molecule has 0 amide bonds. The van der Waals surface area contributed by atoms with E-state index in [2.05, 4.69) is 17.0 Å². The molecule has 1 aliphatic rings. The largest absolute Gasteiger partial charge is 0.472 e. The van der Waals surface area contributed by atoms with Crippen molar-refractivity contribution >= 4 is 19.2 Å². The highest BCUT2D eigenvalue weighted by Gasteiger charge is 2.58. The lowest BCUT2D eigenvalue weighted by molar-refractivity contribution is -0.0690. The lowest BCUT2D eigenvalue weighted by Crippen LogP contribution is -2.41. The van der Waals surface area contributed by atoms with Crippen LogP contribution in [-0.4, -0.2) is 80.5 Å². The molecule has 0 radical (unpaired) electrons. The number of nitrogen functional groups attached to an aromatic ring is 1.